The number of rotatable bonds is 5. The molecule has 1 aromatic heterocycles. The van der Waals surface area contributed by atoms with Crippen molar-refractivity contribution in [3.05, 3.63) is 50.4 Å². The average Bonchev–Trinajstić information content (AvgIpc) is 2.80. The lowest BCUT2D eigenvalue weighted by molar-refractivity contribution is 0.287. The van der Waals surface area contributed by atoms with Gasteiger partial charge in [-0.25, -0.2) is 4.39 Å². The normalized spacial score (nSPS) is 11.7. The van der Waals surface area contributed by atoms with Crippen LogP contribution in [0, 0.1) is 5.82 Å². The van der Waals surface area contributed by atoms with Crippen LogP contribution in [0.1, 0.15) is 31.2 Å². The molecule has 0 fully saturated rings. The van der Waals surface area contributed by atoms with Crippen molar-refractivity contribution < 1.29 is 9.13 Å². The Hall–Kier alpha value is -0.910. The largest absolute Gasteiger partial charge is 0.485 e. The first-order valence-corrected chi connectivity index (χ1v) is 8.40. The summed E-state index contributed by atoms with van der Waals surface area (Å²) in [5, 5.41) is 5.34. The van der Waals surface area contributed by atoms with Gasteiger partial charge in [0.2, 0.25) is 0 Å². The molecule has 0 amide bonds. The minimum Gasteiger partial charge on any atom is -0.485 e. The fourth-order valence-corrected chi connectivity index (χ4v) is 3.15. The van der Waals surface area contributed by atoms with Gasteiger partial charge in [0.15, 0.2) is 11.6 Å². The molecule has 0 aliphatic carbocycles. The summed E-state index contributed by atoms with van der Waals surface area (Å²) in [6.45, 7) is 7.19. The van der Waals surface area contributed by atoms with E-state index in [4.69, 9.17) is 4.74 Å². The summed E-state index contributed by atoms with van der Waals surface area (Å²) in [6, 6.07) is 7.02. The molecule has 0 spiro atoms. The highest BCUT2D eigenvalue weighted by Crippen LogP contribution is 2.26. The molecule has 1 heterocycles. The molecule has 0 aliphatic rings. The maximum Gasteiger partial charge on any atom is 0.165 e. The molecule has 0 radical (unpaired) electrons. The van der Waals surface area contributed by atoms with Crippen molar-refractivity contribution in [3.8, 4) is 5.75 Å². The quantitative estimate of drug-likeness (QED) is 0.787. The van der Waals surface area contributed by atoms with Crippen LogP contribution in [0.5, 0.6) is 5.75 Å². The van der Waals surface area contributed by atoms with Gasteiger partial charge in [-0.1, -0.05) is 12.1 Å². The Morgan fingerprint density at radius 3 is 2.71 bits per heavy atom. The van der Waals surface area contributed by atoms with Gasteiger partial charge in [-0.15, -0.1) is 11.3 Å². The topological polar surface area (TPSA) is 21.3 Å². The molecule has 0 aliphatic heterocycles. The van der Waals surface area contributed by atoms with Gasteiger partial charge in [-0.2, -0.15) is 0 Å². The van der Waals surface area contributed by atoms with E-state index in [0.29, 0.717) is 18.9 Å². The molecule has 2 rings (SSSR count). The Morgan fingerprint density at radius 2 is 2.10 bits per heavy atom. The summed E-state index contributed by atoms with van der Waals surface area (Å²) < 4.78 is 20.7. The lowest BCUT2D eigenvalue weighted by Crippen LogP contribution is -2.35. The van der Waals surface area contributed by atoms with E-state index in [9.17, 15) is 4.39 Å². The van der Waals surface area contributed by atoms with Crippen LogP contribution in [-0.2, 0) is 13.2 Å². The van der Waals surface area contributed by atoms with Crippen LogP contribution in [0.2, 0.25) is 0 Å². The molecule has 2 nitrogen and oxygen atoms in total. The number of benzene rings is 1. The number of hydrogen-bond acceptors (Lipinski definition) is 3. The third kappa shape index (κ3) is 5.09. The Balaban J connectivity index is 2.10. The molecule has 21 heavy (non-hydrogen) atoms. The zero-order chi connectivity index (χ0) is 15.5. The summed E-state index contributed by atoms with van der Waals surface area (Å²) >= 11 is 4.99. The maximum absolute atomic E-state index is 14.0. The van der Waals surface area contributed by atoms with Crippen LogP contribution in [0.25, 0.3) is 0 Å². The van der Waals surface area contributed by atoms with Crippen LogP contribution in [-0.4, -0.2) is 5.54 Å². The number of halogens is 2. The third-order valence-corrected chi connectivity index (χ3v) is 4.51. The predicted octanol–water partition coefficient (Wildman–Crippen LogP) is 5.12. The number of thiophene rings is 1. The van der Waals surface area contributed by atoms with Gasteiger partial charge in [0, 0.05) is 32.4 Å². The van der Waals surface area contributed by atoms with E-state index < -0.39 is 0 Å². The summed E-state index contributed by atoms with van der Waals surface area (Å²) in [5.41, 5.74) is 0.808. The molecule has 2 aromatic rings. The van der Waals surface area contributed by atoms with E-state index in [1.165, 1.54) is 6.07 Å². The highest BCUT2D eigenvalue weighted by molar-refractivity contribution is 9.10. The molecule has 1 N–H and O–H groups in total. The van der Waals surface area contributed by atoms with Gasteiger partial charge in [-0.3, -0.25) is 0 Å². The minimum atomic E-state index is -0.321. The second-order valence-electron chi connectivity index (χ2n) is 5.85. The smallest absolute Gasteiger partial charge is 0.165 e. The third-order valence-electron chi connectivity index (χ3n) is 2.84. The van der Waals surface area contributed by atoms with Crippen LogP contribution in [0.15, 0.2) is 34.1 Å². The number of hydrogen-bond donors (Lipinski definition) is 1. The molecule has 0 saturated carbocycles. The Kier molecular flexibility index (Phi) is 5.41. The van der Waals surface area contributed by atoms with E-state index in [2.05, 4.69) is 42.0 Å². The van der Waals surface area contributed by atoms with E-state index in [1.807, 2.05) is 17.5 Å². The first kappa shape index (κ1) is 16.5. The number of para-hydroxylation sites is 1. The zero-order valence-electron chi connectivity index (χ0n) is 12.4. The van der Waals surface area contributed by atoms with Crippen molar-refractivity contribution in [1.29, 1.82) is 0 Å². The van der Waals surface area contributed by atoms with E-state index in [-0.39, 0.29) is 11.4 Å². The SMILES string of the molecule is CC(C)(C)NCc1cccc(F)c1OCc1cc(Br)cs1. The fourth-order valence-electron chi connectivity index (χ4n) is 1.79. The van der Waals surface area contributed by atoms with Crippen molar-refractivity contribution in [1.82, 2.24) is 5.32 Å². The minimum absolute atomic E-state index is 0.0256. The second kappa shape index (κ2) is 6.90. The number of ether oxygens (including phenoxy) is 1. The average molecular weight is 372 g/mol. The summed E-state index contributed by atoms with van der Waals surface area (Å²) in [5.74, 6) is 0.0117. The Labute approximate surface area is 137 Å². The monoisotopic (exact) mass is 371 g/mol. The molecule has 0 unspecified atom stereocenters. The highest BCUT2D eigenvalue weighted by atomic mass is 79.9. The molecule has 1 aromatic carbocycles. The first-order chi connectivity index (χ1) is 9.85. The summed E-state index contributed by atoms with van der Waals surface area (Å²) in [6.07, 6.45) is 0. The molecule has 114 valence electrons. The van der Waals surface area contributed by atoms with Gasteiger partial charge in [0.05, 0.1) is 0 Å². The molecule has 5 heteroatoms. The lowest BCUT2D eigenvalue weighted by atomic mass is 10.1. The van der Waals surface area contributed by atoms with Crippen LogP contribution >= 0.6 is 27.3 Å². The first-order valence-electron chi connectivity index (χ1n) is 6.73. The summed E-state index contributed by atoms with van der Waals surface area (Å²) in [7, 11) is 0. The van der Waals surface area contributed by atoms with Crippen molar-refractivity contribution >= 4 is 27.3 Å². The molecular formula is C16H19BrFNOS. The van der Waals surface area contributed by atoms with Crippen molar-refractivity contribution in [2.75, 3.05) is 0 Å². The predicted molar refractivity (Wildman–Crippen MR) is 89.3 cm³/mol. The maximum atomic E-state index is 14.0. The van der Waals surface area contributed by atoms with E-state index in [1.54, 1.807) is 17.4 Å². The Morgan fingerprint density at radius 1 is 1.33 bits per heavy atom. The van der Waals surface area contributed by atoms with Gasteiger partial charge in [-0.05, 0) is 48.8 Å². The zero-order valence-corrected chi connectivity index (χ0v) is 14.8. The molecule has 0 saturated heterocycles. The van der Waals surface area contributed by atoms with Crippen LogP contribution in [0.4, 0.5) is 4.39 Å². The van der Waals surface area contributed by atoms with Gasteiger partial charge < -0.3 is 10.1 Å². The highest BCUT2D eigenvalue weighted by Gasteiger charge is 2.14. The van der Waals surface area contributed by atoms with Crippen LogP contribution < -0.4 is 10.1 Å². The molecule has 0 bridgehead atoms. The molecule has 0 atom stereocenters. The van der Waals surface area contributed by atoms with Crippen molar-refractivity contribution in [2.45, 2.75) is 39.5 Å². The van der Waals surface area contributed by atoms with Gasteiger partial charge in [0.25, 0.3) is 0 Å². The lowest BCUT2D eigenvalue weighted by Gasteiger charge is -2.21. The van der Waals surface area contributed by atoms with Crippen molar-refractivity contribution in [2.24, 2.45) is 0 Å². The standard InChI is InChI=1S/C16H19BrFNOS/c1-16(2,3)19-8-11-5-4-6-14(18)15(11)20-9-13-7-12(17)10-21-13/h4-7,10,19H,8-9H2,1-3H3. The summed E-state index contributed by atoms with van der Waals surface area (Å²) in [4.78, 5) is 1.06. The van der Waals surface area contributed by atoms with Crippen LogP contribution in [0.3, 0.4) is 0 Å². The fraction of sp³-hybridized carbons (Fsp3) is 0.375. The van der Waals surface area contributed by atoms with Crippen molar-refractivity contribution in [3.63, 3.8) is 0 Å². The second-order valence-corrected chi connectivity index (χ2v) is 7.76. The number of nitrogens with one attached hydrogen (secondary N) is 1. The van der Waals surface area contributed by atoms with Gasteiger partial charge in [0.1, 0.15) is 6.61 Å². The van der Waals surface area contributed by atoms with E-state index >= 15 is 0 Å². The molecular weight excluding hydrogens is 353 g/mol. The Bertz CT molecular complexity index is 607. The van der Waals surface area contributed by atoms with Gasteiger partial charge >= 0.3 is 0 Å². The van der Waals surface area contributed by atoms with E-state index in [0.717, 1.165) is 14.9 Å².